The van der Waals surface area contributed by atoms with Gasteiger partial charge in [-0.15, -0.1) is 0 Å². The number of benzene rings is 1. The van der Waals surface area contributed by atoms with E-state index in [9.17, 15) is 9.59 Å². The molecule has 0 heterocycles. The largest absolute Gasteiger partial charge is 0.350 e. The van der Waals surface area contributed by atoms with E-state index in [0.29, 0.717) is 17.0 Å². The van der Waals surface area contributed by atoms with Gasteiger partial charge in [0, 0.05) is 17.3 Å². The highest BCUT2D eigenvalue weighted by Crippen LogP contribution is 2.12. The van der Waals surface area contributed by atoms with Crippen LogP contribution in [-0.4, -0.2) is 29.4 Å². The first kappa shape index (κ1) is 17.6. The Balaban J connectivity index is 2.52. The molecular weight excluding hydrogens is 284 g/mol. The number of hydrogen-bond acceptors (Lipinski definition) is 3. The zero-order valence-corrected chi connectivity index (χ0v) is 13.8. The van der Waals surface area contributed by atoms with Gasteiger partial charge in [0.05, 0.1) is 5.75 Å². The van der Waals surface area contributed by atoms with Gasteiger partial charge in [-0.2, -0.15) is 11.8 Å². The fourth-order valence-electron chi connectivity index (χ4n) is 1.69. The van der Waals surface area contributed by atoms with Gasteiger partial charge in [-0.1, -0.05) is 19.4 Å². The topological polar surface area (TPSA) is 58.2 Å². The lowest BCUT2D eigenvalue weighted by atomic mass is 10.2. The summed E-state index contributed by atoms with van der Waals surface area (Å²) >= 11 is 1.63. The Bertz CT molecular complexity index is 475. The van der Waals surface area contributed by atoms with E-state index < -0.39 is 0 Å². The molecule has 1 rings (SSSR count). The third-order valence-electron chi connectivity index (χ3n) is 2.70. The Morgan fingerprint density at radius 3 is 2.71 bits per heavy atom. The molecule has 2 N–H and O–H groups in total. The highest BCUT2D eigenvalue weighted by Gasteiger charge is 2.08. The van der Waals surface area contributed by atoms with E-state index in [1.165, 1.54) is 0 Å². The monoisotopic (exact) mass is 308 g/mol. The van der Waals surface area contributed by atoms with Crippen LogP contribution in [0.3, 0.4) is 0 Å². The maximum absolute atomic E-state index is 11.9. The molecule has 0 aliphatic carbocycles. The Kier molecular flexibility index (Phi) is 7.90. The standard InChI is InChI=1S/C16H24N2O2S/c1-4-5-9-21-11-15(19)18-14-8-6-7-13(10-14)16(20)17-12(2)3/h6-8,10,12H,4-5,9,11H2,1-3H3,(H,17,20)(H,18,19). The van der Waals surface area contributed by atoms with E-state index in [4.69, 9.17) is 0 Å². The number of carbonyl (C=O) groups is 2. The summed E-state index contributed by atoms with van der Waals surface area (Å²) in [6, 6.07) is 7.09. The number of anilines is 1. The van der Waals surface area contributed by atoms with Crippen molar-refractivity contribution in [2.45, 2.75) is 39.7 Å². The van der Waals surface area contributed by atoms with Crippen LogP contribution in [0.1, 0.15) is 44.0 Å². The zero-order valence-electron chi connectivity index (χ0n) is 12.9. The highest BCUT2D eigenvalue weighted by atomic mass is 32.2. The Morgan fingerprint density at radius 2 is 2.05 bits per heavy atom. The summed E-state index contributed by atoms with van der Waals surface area (Å²) in [5, 5.41) is 5.66. The molecule has 0 aliphatic heterocycles. The summed E-state index contributed by atoms with van der Waals surface area (Å²) in [7, 11) is 0. The van der Waals surface area contributed by atoms with Crippen LogP contribution in [0.15, 0.2) is 24.3 Å². The average Bonchev–Trinajstić information content (AvgIpc) is 2.43. The Morgan fingerprint density at radius 1 is 1.29 bits per heavy atom. The summed E-state index contributed by atoms with van der Waals surface area (Å²) in [5.74, 6) is 1.29. The van der Waals surface area contributed by atoms with Crippen molar-refractivity contribution in [2.24, 2.45) is 0 Å². The Hall–Kier alpha value is -1.49. The van der Waals surface area contributed by atoms with Gasteiger partial charge in [0.2, 0.25) is 5.91 Å². The van der Waals surface area contributed by atoms with Crippen LogP contribution in [0.2, 0.25) is 0 Å². The van der Waals surface area contributed by atoms with Crippen LogP contribution in [0.25, 0.3) is 0 Å². The fourth-order valence-corrected chi connectivity index (χ4v) is 2.59. The second-order valence-corrected chi connectivity index (χ2v) is 6.27. The van der Waals surface area contributed by atoms with E-state index in [0.717, 1.165) is 18.6 Å². The normalized spacial score (nSPS) is 10.5. The third kappa shape index (κ3) is 7.18. The van der Waals surface area contributed by atoms with Crippen LogP contribution >= 0.6 is 11.8 Å². The average molecular weight is 308 g/mol. The highest BCUT2D eigenvalue weighted by molar-refractivity contribution is 7.99. The number of nitrogens with one attached hydrogen (secondary N) is 2. The first-order valence-electron chi connectivity index (χ1n) is 7.31. The van der Waals surface area contributed by atoms with Crippen LogP contribution in [0.5, 0.6) is 0 Å². The van der Waals surface area contributed by atoms with Gasteiger partial charge in [0.15, 0.2) is 0 Å². The maximum Gasteiger partial charge on any atom is 0.251 e. The maximum atomic E-state index is 11.9. The minimum Gasteiger partial charge on any atom is -0.350 e. The van der Waals surface area contributed by atoms with Gasteiger partial charge < -0.3 is 10.6 Å². The lowest BCUT2D eigenvalue weighted by molar-refractivity contribution is -0.113. The minimum atomic E-state index is -0.126. The molecule has 0 aliphatic rings. The number of thioether (sulfide) groups is 1. The molecule has 21 heavy (non-hydrogen) atoms. The van der Waals surface area contributed by atoms with E-state index in [-0.39, 0.29) is 17.9 Å². The minimum absolute atomic E-state index is 0.0301. The SMILES string of the molecule is CCCCSCC(=O)Nc1cccc(C(=O)NC(C)C)c1. The van der Waals surface area contributed by atoms with Gasteiger partial charge >= 0.3 is 0 Å². The summed E-state index contributed by atoms with van der Waals surface area (Å²) < 4.78 is 0. The van der Waals surface area contributed by atoms with Crippen molar-refractivity contribution in [3.8, 4) is 0 Å². The lowest BCUT2D eigenvalue weighted by Crippen LogP contribution is -2.30. The molecule has 116 valence electrons. The molecule has 0 unspecified atom stereocenters. The summed E-state index contributed by atoms with van der Waals surface area (Å²) in [6.07, 6.45) is 2.27. The predicted octanol–water partition coefficient (Wildman–Crippen LogP) is 3.30. The molecule has 0 fully saturated rings. The molecule has 1 aromatic rings. The molecule has 0 bridgehead atoms. The van der Waals surface area contributed by atoms with Gasteiger partial charge in [-0.3, -0.25) is 9.59 Å². The second kappa shape index (κ2) is 9.45. The summed E-state index contributed by atoms with van der Waals surface area (Å²) in [6.45, 7) is 5.96. The number of hydrogen-bond donors (Lipinski definition) is 2. The molecular formula is C16H24N2O2S. The van der Waals surface area contributed by atoms with Crippen LogP contribution in [-0.2, 0) is 4.79 Å². The summed E-state index contributed by atoms with van der Waals surface area (Å²) in [5.41, 5.74) is 1.22. The summed E-state index contributed by atoms with van der Waals surface area (Å²) in [4.78, 5) is 23.7. The zero-order chi connectivity index (χ0) is 15.7. The molecule has 0 radical (unpaired) electrons. The molecule has 0 saturated heterocycles. The van der Waals surface area contributed by atoms with Crippen molar-refractivity contribution < 1.29 is 9.59 Å². The molecule has 0 saturated carbocycles. The number of rotatable bonds is 8. The lowest BCUT2D eigenvalue weighted by Gasteiger charge is -2.10. The van der Waals surface area contributed by atoms with E-state index in [1.807, 2.05) is 13.8 Å². The Labute approximate surface area is 131 Å². The molecule has 0 spiro atoms. The van der Waals surface area contributed by atoms with Crippen LogP contribution < -0.4 is 10.6 Å². The van der Waals surface area contributed by atoms with E-state index >= 15 is 0 Å². The van der Waals surface area contributed by atoms with E-state index in [1.54, 1.807) is 36.0 Å². The fraction of sp³-hybridized carbons (Fsp3) is 0.500. The van der Waals surface area contributed by atoms with Crippen LogP contribution in [0, 0.1) is 0 Å². The second-order valence-electron chi connectivity index (χ2n) is 5.16. The predicted molar refractivity (Wildman–Crippen MR) is 89.9 cm³/mol. The van der Waals surface area contributed by atoms with Crippen molar-refractivity contribution in [3.63, 3.8) is 0 Å². The molecule has 0 aromatic heterocycles. The first-order valence-corrected chi connectivity index (χ1v) is 8.47. The van der Waals surface area contributed by atoms with Gasteiger partial charge in [0.25, 0.3) is 5.91 Å². The van der Waals surface area contributed by atoms with Gasteiger partial charge in [-0.05, 0) is 44.2 Å². The number of amides is 2. The molecule has 1 aromatic carbocycles. The van der Waals surface area contributed by atoms with Gasteiger partial charge in [-0.25, -0.2) is 0 Å². The van der Waals surface area contributed by atoms with Crippen molar-refractivity contribution in [1.82, 2.24) is 5.32 Å². The van der Waals surface area contributed by atoms with Crippen molar-refractivity contribution in [1.29, 1.82) is 0 Å². The van der Waals surface area contributed by atoms with Crippen molar-refractivity contribution in [2.75, 3.05) is 16.8 Å². The van der Waals surface area contributed by atoms with Crippen LogP contribution in [0.4, 0.5) is 5.69 Å². The molecule has 2 amide bonds. The molecule has 4 nitrogen and oxygen atoms in total. The van der Waals surface area contributed by atoms with Crippen molar-refractivity contribution in [3.05, 3.63) is 29.8 Å². The third-order valence-corrected chi connectivity index (χ3v) is 3.75. The number of carbonyl (C=O) groups excluding carboxylic acids is 2. The first-order chi connectivity index (χ1) is 10.0. The molecule has 0 atom stereocenters. The van der Waals surface area contributed by atoms with Crippen molar-refractivity contribution >= 4 is 29.3 Å². The quantitative estimate of drug-likeness (QED) is 0.725. The number of unbranched alkanes of at least 4 members (excludes halogenated alkanes) is 1. The molecule has 5 heteroatoms. The van der Waals surface area contributed by atoms with Gasteiger partial charge in [0.1, 0.15) is 0 Å². The van der Waals surface area contributed by atoms with E-state index in [2.05, 4.69) is 17.6 Å². The smallest absolute Gasteiger partial charge is 0.251 e.